The molecule has 30 heavy (non-hydrogen) atoms. The van der Waals surface area contributed by atoms with Gasteiger partial charge in [0.1, 0.15) is 18.1 Å². The molecule has 156 valence electrons. The Morgan fingerprint density at radius 2 is 1.87 bits per heavy atom. The fourth-order valence-corrected chi connectivity index (χ4v) is 3.63. The Hall–Kier alpha value is -2.58. The Labute approximate surface area is 178 Å². The van der Waals surface area contributed by atoms with E-state index < -0.39 is 17.4 Å². The van der Waals surface area contributed by atoms with E-state index in [1.807, 2.05) is 0 Å². The molecule has 0 N–H and O–H groups in total. The molecule has 0 radical (unpaired) electrons. The Morgan fingerprint density at radius 1 is 1.17 bits per heavy atom. The largest absolute Gasteiger partial charge is 0.473 e. The third kappa shape index (κ3) is 4.02. The van der Waals surface area contributed by atoms with Crippen LogP contribution < -0.4 is 4.74 Å². The summed E-state index contributed by atoms with van der Waals surface area (Å²) in [6, 6.07) is 7.19. The second kappa shape index (κ2) is 7.92. The number of carbonyl (C=O) groups is 1. The number of alkyl halides is 3. The van der Waals surface area contributed by atoms with E-state index >= 15 is 0 Å². The molecule has 0 unspecified atom stereocenters. The van der Waals surface area contributed by atoms with Gasteiger partial charge in [-0.05, 0) is 31.0 Å². The first-order valence-corrected chi connectivity index (χ1v) is 9.64. The number of benzene rings is 1. The number of hydrogen-bond acceptors (Lipinski definition) is 5. The zero-order valence-corrected chi connectivity index (χ0v) is 16.7. The van der Waals surface area contributed by atoms with Crippen LogP contribution in [0.3, 0.4) is 0 Å². The minimum absolute atomic E-state index is 0.0995. The molecule has 2 aromatic heterocycles. The first-order valence-electron chi connectivity index (χ1n) is 8.88. The van der Waals surface area contributed by atoms with Crippen LogP contribution in [-0.2, 0) is 12.8 Å². The van der Waals surface area contributed by atoms with Crippen molar-refractivity contribution in [1.82, 2.24) is 10.1 Å². The molecule has 1 fully saturated rings. The zero-order valence-electron chi connectivity index (χ0n) is 15.2. The number of nitrogens with zero attached hydrogens (tertiary/aromatic N) is 2. The van der Waals surface area contributed by atoms with E-state index in [9.17, 15) is 18.0 Å². The molecule has 1 aliphatic carbocycles. The second-order valence-corrected chi connectivity index (χ2v) is 7.55. The van der Waals surface area contributed by atoms with Crippen LogP contribution in [0.2, 0.25) is 10.0 Å². The van der Waals surface area contributed by atoms with Gasteiger partial charge < -0.3 is 9.26 Å². The molecule has 0 amide bonds. The maximum absolute atomic E-state index is 13.2. The molecule has 4 rings (SSSR count). The summed E-state index contributed by atoms with van der Waals surface area (Å²) in [6.07, 6.45) is -2.88. The van der Waals surface area contributed by atoms with Crippen molar-refractivity contribution in [2.45, 2.75) is 31.5 Å². The smallest absolute Gasteiger partial charge is 0.434 e. The van der Waals surface area contributed by atoms with Crippen molar-refractivity contribution in [3.05, 3.63) is 63.0 Å². The van der Waals surface area contributed by atoms with Crippen molar-refractivity contribution < 1.29 is 27.2 Å². The number of ether oxygens (including phenoxy) is 1. The summed E-state index contributed by atoms with van der Waals surface area (Å²) in [4.78, 5) is 14.4. The highest BCUT2D eigenvalue weighted by Crippen LogP contribution is 2.46. The van der Waals surface area contributed by atoms with Gasteiger partial charge in [0.15, 0.2) is 12.0 Å². The summed E-state index contributed by atoms with van der Waals surface area (Å²) < 4.78 is 50.5. The van der Waals surface area contributed by atoms with Gasteiger partial charge in [-0.15, -0.1) is 0 Å². The minimum atomic E-state index is -4.79. The van der Waals surface area contributed by atoms with Crippen molar-refractivity contribution >= 4 is 29.5 Å². The highest BCUT2D eigenvalue weighted by molar-refractivity contribution is 6.39. The van der Waals surface area contributed by atoms with E-state index in [4.69, 9.17) is 32.5 Å². The molecule has 0 atom stereocenters. The van der Waals surface area contributed by atoms with E-state index in [0.29, 0.717) is 32.6 Å². The summed E-state index contributed by atoms with van der Waals surface area (Å²) in [5.41, 5.74) is -0.509. The molecule has 0 aliphatic heterocycles. The summed E-state index contributed by atoms with van der Waals surface area (Å²) in [5, 5.41) is 4.80. The van der Waals surface area contributed by atoms with Crippen molar-refractivity contribution in [2.24, 2.45) is 0 Å². The molecule has 0 spiro atoms. The molecule has 5 nitrogen and oxygen atoms in total. The average molecular weight is 457 g/mol. The summed E-state index contributed by atoms with van der Waals surface area (Å²) >= 11 is 12.6. The van der Waals surface area contributed by atoms with E-state index in [1.54, 1.807) is 18.2 Å². The van der Waals surface area contributed by atoms with Gasteiger partial charge in [0.25, 0.3) is 0 Å². The molecule has 10 heteroatoms. The zero-order chi connectivity index (χ0) is 21.5. The highest BCUT2D eigenvalue weighted by atomic mass is 35.5. The maximum atomic E-state index is 13.2. The fourth-order valence-electron chi connectivity index (χ4n) is 3.05. The third-order valence-corrected chi connectivity index (χ3v) is 5.26. The number of rotatable bonds is 6. The quantitative estimate of drug-likeness (QED) is 0.405. The van der Waals surface area contributed by atoms with Crippen LogP contribution >= 0.6 is 23.2 Å². The number of pyridine rings is 1. The van der Waals surface area contributed by atoms with Crippen LogP contribution in [0.5, 0.6) is 5.88 Å². The monoisotopic (exact) mass is 456 g/mol. The van der Waals surface area contributed by atoms with Gasteiger partial charge in [-0.3, -0.25) is 4.79 Å². The van der Waals surface area contributed by atoms with Crippen LogP contribution in [0.25, 0.3) is 11.3 Å². The molecular formula is C20H13Cl2F3N2O3. The van der Waals surface area contributed by atoms with Gasteiger partial charge in [0, 0.05) is 23.1 Å². The Balaban J connectivity index is 1.69. The van der Waals surface area contributed by atoms with Crippen LogP contribution in [-0.4, -0.2) is 16.4 Å². The highest BCUT2D eigenvalue weighted by Gasteiger charge is 2.36. The number of aldehydes is 1. The lowest BCUT2D eigenvalue weighted by Crippen LogP contribution is -2.13. The summed E-state index contributed by atoms with van der Waals surface area (Å²) in [5.74, 6) is 0.455. The van der Waals surface area contributed by atoms with Crippen LogP contribution in [0.1, 0.15) is 46.1 Å². The lowest BCUT2D eigenvalue weighted by molar-refractivity contribution is -0.141. The molecule has 2 heterocycles. The number of carbonyl (C=O) groups excluding carboxylic acids is 1. The van der Waals surface area contributed by atoms with E-state index in [-0.39, 0.29) is 24.7 Å². The van der Waals surface area contributed by atoms with Gasteiger partial charge in [0.05, 0.1) is 15.6 Å². The van der Waals surface area contributed by atoms with E-state index in [2.05, 4.69) is 10.1 Å². The number of hydrogen-bond donors (Lipinski definition) is 0. The lowest BCUT2D eigenvalue weighted by Gasteiger charge is -2.12. The predicted octanol–water partition coefficient (Wildman–Crippen LogP) is 6.33. The molecule has 0 bridgehead atoms. The van der Waals surface area contributed by atoms with Crippen molar-refractivity contribution in [3.8, 4) is 17.1 Å². The van der Waals surface area contributed by atoms with Gasteiger partial charge in [-0.25, -0.2) is 4.98 Å². The third-order valence-electron chi connectivity index (χ3n) is 4.63. The Morgan fingerprint density at radius 3 is 2.47 bits per heavy atom. The van der Waals surface area contributed by atoms with E-state index in [1.165, 1.54) is 6.07 Å². The Kier molecular flexibility index (Phi) is 5.46. The fraction of sp³-hybridized carbons (Fsp3) is 0.250. The van der Waals surface area contributed by atoms with E-state index in [0.717, 1.165) is 18.9 Å². The topological polar surface area (TPSA) is 65.2 Å². The summed E-state index contributed by atoms with van der Waals surface area (Å²) in [6.45, 7) is -0.156. The van der Waals surface area contributed by atoms with Crippen LogP contribution in [0.4, 0.5) is 13.2 Å². The molecule has 3 aromatic rings. The standard InChI is InChI=1S/C20H13Cl2F3N2O3/c21-13-2-1-3-14(22)16(13)17-12(18(30-27-17)10-4-5-10)9-29-15-7-6-11(8-28)19(26-15)20(23,24)25/h1-3,6-8,10H,4-5,9H2. The van der Waals surface area contributed by atoms with Gasteiger partial charge in [0.2, 0.25) is 5.88 Å². The van der Waals surface area contributed by atoms with Crippen molar-refractivity contribution in [2.75, 3.05) is 0 Å². The predicted molar refractivity (Wildman–Crippen MR) is 103 cm³/mol. The van der Waals surface area contributed by atoms with Crippen molar-refractivity contribution in [3.63, 3.8) is 0 Å². The van der Waals surface area contributed by atoms with Crippen LogP contribution in [0.15, 0.2) is 34.9 Å². The lowest BCUT2D eigenvalue weighted by atomic mass is 10.0. The molecule has 1 saturated carbocycles. The molecular weight excluding hydrogens is 444 g/mol. The van der Waals surface area contributed by atoms with Gasteiger partial charge >= 0.3 is 6.18 Å². The van der Waals surface area contributed by atoms with Gasteiger partial charge in [-0.2, -0.15) is 13.2 Å². The molecule has 0 saturated heterocycles. The minimum Gasteiger partial charge on any atom is -0.473 e. The van der Waals surface area contributed by atoms with Gasteiger partial charge in [-0.1, -0.05) is 34.4 Å². The first kappa shape index (κ1) is 20.7. The summed E-state index contributed by atoms with van der Waals surface area (Å²) in [7, 11) is 0. The molecule has 1 aliphatic rings. The number of halogens is 5. The maximum Gasteiger partial charge on any atom is 0.434 e. The average Bonchev–Trinajstić information content (AvgIpc) is 3.46. The second-order valence-electron chi connectivity index (χ2n) is 6.74. The number of aromatic nitrogens is 2. The normalized spacial score (nSPS) is 14.0. The Bertz CT molecular complexity index is 1090. The van der Waals surface area contributed by atoms with Crippen LogP contribution in [0, 0.1) is 0 Å². The molecule has 1 aromatic carbocycles. The SMILES string of the molecule is O=Cc1ccc(OCc2c(-c3c(Cl)cccc3Cl)noc2C2CC2)nc1C(F)(F)F. The van der Waals surface area contributed by atoms with Crippen molar-refractivity contribution in [1.29, 1.82) is 0 Å². The first-order chi connectivity index (χ1) is 14.3.